The van der Waals surface area contributed by atoms with Crippen molar-refractivity contribution in [3.05, 3.63) is 66.2 Å². The van der Waals surface area contributed by atoms with Gasteiger partial charge in [0.05, 0.1) is 18.7 Å². The smallest absolute Gasteiger partial charge is 0.493 e. The summed E-state index contributed by atoms with van der Waals surface area (Å²) in [6, 6.07) is 16.8. The third kappa shape index (κ3) is 5.82. The monoisotopic (exact) mass is 487 g/mol. The first-order valence-corrected chi connectivity index (χ1v) is 11.1. The quantitative estimate of drug-likeness (QED) is 0.503. The van der Waals surface area contributed by atoms with Crippen molar-refractivity contribution >= 4 is 28.6 Å². The maximum atomic E-state index is 13.1. The topological polar surface area (TPSA) is 80.8 Å². The van der Waals surface area contributed by atoms with Gasteiger partial charge in [0.15, 0.2) is 0 Å². The summed E-state index contributed by atoms with van der Waals surface area (Å²) in [6.07, 6.45) is -3.46. The van der Waals surface area contributed by atoms with Crippen LogP contribution in [0.15, 0.2) is 60.7 Å². The molecule has 1 aromatic heterocycles. The average Bonchev–Trinajstić information content (AvgIpc) is 2.86. The van der Waals surface area contributed by atoms with Crippen molar-refractivity contribution in [2.45, 2.75) is 43.9 Å². The number of para-hydroxylation sites is 1. The molecule has 1 fully saturated rings. The zero-order valence-corrected chi connectivity index (χ0v) is 18.9. The van der Waals surface area contributed by atoms with Crippen molar-refractivity contribution in [3.8, 4) is 5.75 Å². The van der Waals surface area contributed by atoms with E-state index in [1.54, 1.807) is 6.07 Å². The van der Waals surface area contributed by atoms with Gasteiger partial charge in [0.1, 0.15) is 11.6 Å². The molecule has 10 heteroatoms. The molecular weight excluding hydrogens is 463 g/mol. The van der Waals surface area contributed by atoms with Crippen LogP contribution in [0.5, 0.6) is 5.75 Å². The van der Waals surface area contributed by atoms with Crippen LogP contribution in [-0.4, -0.2) is 47.3 Å². The summed E-state index contributed by atoms with van der Waals surface area (Å²) in [7, 11) is 1.41. The Labute approximate surface area is 199 Å². The van der Waals surface area contributed by atoms with Crippen molar-refractivity contribution in [1.82, 2.24) is 10.0 Å². The number of amides is 1. The number of aromatic nitrogens is 1. The van der Waals surface area contributed by atoms with Crippen molar-refractivity contribution in [3.63, 3.8) is 0 Å². The van der Waals surface area contributed by atoms with Crippen molar-refractivity contribution in [1.29, 1.82) is 0 Å². The summed E-state index contributed by atoms with van der Waals surface area (Å²) in [5.74, 6) is -2.22. The molecule has 1 aliphatic carbocycles. The normalized spacial score (nSPS) is 18.1. The van der Waals surface area contributed by atoms with Gasteiger partial charge in [0.2, 0.25) is 0 Å². The maximum Gasteiger partial charge on any atom is 0.493 e. The number of anilines is 1. The molecule has 0 spiro atoms. The molecule has 0 saturated heterocycles. The first-order chi connectivity index (χ1) is 16.7. The van der Waals surface area contributed by atoms with Crippen molar-refractivity contribution in [2.24, 2.45) is 0 Å². The number of pyridine rings is 1. The SMILES string of the molecule is COc1cccc(C(=O)N(OC(=O)C(F)(F)F)C2CCC(Nc3ccc4ccccc4n3)CC2)c1. The number of halogens is 3. The Kier molecular flexibility index (Phi) is 7.09. The van der Waals surface area contributed by atoms with E-state index in [2.05, 4.69) is 15.1 Å². The summed E-state index contributed by atoms with van der Waals surface area (Å²) < 4.78 is 43.9. The number of rotatable bonds is 5. The van der Waals surface area contributed by atoms with E-state index in [4.69, 9.17) is 4.74 Å². The van der Waals surface area contributed by atoms with E-state index in [1.807, 2.05) is 36.4 Å². The van der Waals surface area contributed by atoms with Gasteiger partial charge in [-0.05, 0) is 62.1 Å². The van der Waals surface area contributed by atoms with E-state index >= 15 is 0 Å². The predicted octanol–water partition coefficient (Wildman–Crippen LogP) is 5.13. The summed E-state index contributed by atoms with van der Waals surface area (Å²) in [5, 5.41) is 4.93. The molecule has 0 bridgehead atoms. The van der Waals surface area contributed by atoms with Gasteiger partial charge >= 0.3 is 12.1 Å². The molecule has 3 aromatic rings. The first-order valence-electron chi connectivity index (χ1n) is 11.1. The number of benzene rings is 2. The van der Waals surface area contributed by atoms with Gasteiger partial charge in [0, 0.05) is 17.0 Å². The van der Waals surface area contributed by atoms with Crippen molar-refractivity contribution in [2.75, 3.05) is 12.4 Å². The third-order valence-corrected chi connectivity index (χ3v) is 5.91. The summed E-state index contributed by atoms with van der Waals surface area (Å²) >= 11 is 0. The second kappa shape index (κ2) is 10.2. The molecule has 0 atom stereocenters. The molecule has 1 aliphatic rings. The highest BCUT2D eigenvalue weighted by molar-refractivity contribution is 5.95. The summed E-state index contributed by atoms with van der Waals surface area (Å²) in [4.78, 5) is 33.9. The van der Waals surface area contributed by atoms with E-state index in [9.17, 15) is 22.8 Å². The molecular formula is C25H24F3N3O4. The molecule has 2 aromatic carbocycles. The molecule has 0 radical (unpaired) electrons. The summed E-state index contributed by atoms with van der Waals surface area (Å²) in [5.41, 5.74) is 0.903. The number of nitrogens with zero attached hydrogens (tertiary/aromatic N) is 2. The number of ether oxygens (including phenoxy) is 1. The number of alkyl halides is 3. The van der Waals surface area contributed by atoms with Gasteiger partial charge < -0.3 is 14.9 Å². The fourth-order valence-corrected chi connectivity index (χ4v) is 4.12. The van der Waals surface area contributed by atoms with Gasteiger partial charge in [-0.3, -0.25) is 4.79 Å². The van der Waals surface area contributed by atoms with E-state index in [0.29, 0.717) is 42.3 Å². The van der Waals surface area contributed by atoms with E-state index in [1.165, 1.54) is 25.3 Å². The third-order valence-electron chi connectivity index (χ3n) is 5.91. The Bertz CT molecular complexity index is 1210. The van der Waals surface area contributed by atoms with E-state index in [-0.39, 0.29) is 11.6 Å². The van der Waals surface area contributed by atoms with Gasteiger partial charge in [-0.25, -0.2) is 9.78 Å². The molecule has 0 aliphatic heterocycles. The molecule has 1 heterocycles. The molecule has 1 amide bonds. The second-order valence-corrected chi connectivity index (χ2v) is 8.28. The molecule has 184 valence electrons. The number of carbonyl (C=O) groups excluding carboxylic acids is 2. The molecule has 1 N–H and O–H groups in total. The standard InChI is InChI=1S/C25H24F3N3O4/c1-34-20-7-4-6-17(15-20)23(32)31(35-24(33)25(26,27)28)19-12-10-18(11-13-19)29-22-14-9-16-5-2-3-8-21(16)30-22/h2-9,14-15,18-19H,10-13H2,1H3,(H,29,30). The zero-order chi connectivity index (χ0) is 25.0. The molecule has 35 heavy (non-hydrogen) atoms. The van der Waals surface area contributed by atoms with Crippen LogP contribution < -0.4 is 10.1 Å². The lowest BCUT2D eigenvalue weighted by Gasteiger charge is -2.35. The highest BCUT2D eigenvalue weighted by Crippen LogP contribution is 2.29. The Morgan fingerprint density at radius 1 is 1.00 bits per heavy atom. The fraction of sp³-hybridized carbons (Fsp3) is 0.320. The molecule has 0 unspecified atom stereocenters. The van der Waals surface area contributed by atoms with Crippen LogP contribution >= 0.6 is 0 Å². The number of hydroxylamine groups is 2. The van der Waals surface area contributed by atoms with Crippen LogP contribution in [0.1, 0.15) is 36.0 Å². The van der Waals surface area contributed by atoms with Crippen molar-refractivity contribution < 1.29 is 32.3 Å². The second-order valence-electron chi connectivity index (χ2n) is 8.28. The Balaban J connectivity index is 1.46. The highest BCUT2D eigenvalue weighted by Gasteiger charge is 2.45. The Morgan fingerprint density at radius 3 is 2.46 bits per heavy atom. The van der Waals surface area contributed by atoms with Crippen LogP contribution in [0.2, 0.25) is 0 Å². The largest absolute Gasteiger partial charge is 0.497 e. The molecule has 7 nitrogen and oxygen atoms in total. The first kappa shape index (κ1) is 24.3. The number of nitrogens with one attached hydrogen (secondary N) is 1. The Morgan fingerprint density at radius 2 is 1.74 bits per heavy atom. The van der Waals surface area contributed by atoms with Crippen LogP contribution in [0, 0.1) is 0 Å². The minimum atomic E-state index is -5.23. The van der Waals surface area contributed by atoms with Gasteiger partial charge in [-0.15, -0.1) is 0 Å². The number of hydrogen-bond donors (Lipinski definition) is 1. The lowest BCUT2D eigenvalue weighted by molar-refractivity contribution is -0.235. The maximum absolute atomic E-state index is 13.1. The minimum absolute atomic E-state index is 0.00648. The van der Waals surface area contributed by atoms with Crippen LogP contribution in [0.25, 0.3) is 10.9 Å². The van der Waals surface area contributed by atoms with Gasteiger partial charge in [-0.1, -0.05) is 24.3 Å². The number of methoxy groups -OCH3 is 1. The van der Waals surface area contributed by atoms with Crippen LogP contribution in [0.4, 0.5) is 19.0 Å². The van der Waals surface area contributed by atoms with Crippen LogP contribution in [0.3, 0.4) is 0 Å². The van der Waals surface area contributed by atoms with E-state index in [0.717, 1.165) is 10.9 Å². The summed E-state index contributed by atoms with van der Waals surface area (Å²) in [6.45, 7) is 0. The molecule has 1 saturated carbocycles. The lowest BCUT2D eigenvalue weighted by Crippen LogP contribution is -2.47. The van der Waals surface area contributed by atoms with Gasteiger partial charge in [0.25, 0.3) is 5.91 Å². The Hall–Kier alpha value is -3.82. The number of carbonyl (C=O) groups is 2. The minimum Gasteiger partial charge on any atom is -0.497 e. The molecule has 4 rings (SSSR count). The fourth-order valence-electron chi connectivity index (χ4n) is 4.12. The number of fused-ring (bicyclic) bond motifs is 1. The average molecular weight is 487 g/mol. The van der Waals surface area contributed by atoms with Crippen LogP contribution in [-0.2, 0) is 9.63 Å². The zero-order valence-electron chi connectivity index (χ0n) is 18.9. The van der Waals surface area contributed by atoms with E-state index < -0.39 is 24.1 Å². The van der Waals surface area contributed by atoms with Gasteiger partial charge in [-0.2, -0.15) is 18.2 Å². The lowest BCUT2D eigenvalue weighted by atomic mass is 9.90. The highest BCUT2D eigenvalue weighted by atomic mass is 19.4. The predicted molar refractivity (Wildman–Crippen MR) is 123 cm³/mol. The number of hydrogen-bond acceptors (Lipinski definition) is 6.